The molecule has 2 rings (SSSR count). The van der Waals surface area contributed by atoms with E-state index < -0.39 is 0 Å². The quantitative estimate of drug-likeness (QED) is 0.248. The molecule has 1 aromatic heterocycles. The lowest BCUT2D eigenvalue weighted by Crippen LogP contribution is -2.42. The number of hydrogen-bond donors (Lipinski definition) is 2. The molecule has 0 saturated heterocycles. The number of aliphatic imine (C=N–C) groups is 1. The molecule has 1 aliphatic rings. The van der Waals surface area contributed by atoms with Crippen molar-refractivity contribution < 1.29 is 0 Å². The molecule has 7 nitrogen and oxygen atoms in total. The maximum atomic E-state index is 12.3. The van der Waals surface area contributed by atoms with Crippen LogP contribution in [-0.4, -0.2) is 39.9 Å². The average Bonchev–Trinajstić information content (AvgIpc) is 2.94. The molecule has 0 aromatic carbocycles. The van der Waals surface area contributed by atoms with E-state index in [1.165, 1.54) is 19.3 Å². The van der Waals surface area contributed by atoms with Crippen molar-refractivity contribution in [1.29, 1.82) is 0 Å². The van der Waals surface area contributed by atoms with Crippen molar-refractivity contribution in [1.82, 2.24) is 25.0 Å². The summed E-state index contributed by atoms with van der Waals surface area (Å²) in [5.41, 5.74) is 0.0433. The van der Waals surface area contributed by atoms with Crippen molar-refractivity contribution in [3.63, 3.8) is 0 Å². The van der Waals surface area contributed by atoms with E-state index in [9.17, 15) is 4.79 Å². The van der Waals surface area contributed by atoms with Gasteiger partial charge in [0.15, 0.2) is 5.96 Å². The number of aryl methyl sites for hydroxylation is 2. The summed E-state index contributed by atoms with van der Waals surface area (Å²) in [6, 6.07) is 0.417. The van der Waals surface area contributed by atoms with Crippen LogP contribution in [-0.2, 0) is 19.5 Å². The van der Waals surface area contributed by atoms with Gasteiger partial charge in [-0.2, -0.15) is 5.10 Å². The van der Waals surface area contributed by atoms with Crippen LogP contribution in [0, 0.1) is 0 Å². The second-order valence-electron chi connectivity index (χ2n) is 6.92. The zero-order chi connectivity index (χ0) is 18.1. The first-order valence-electron chi connectivity index (χ1n) is 9.79. The molecular formula is C18H35IN6O. The molecule has 1 aromatic rings. The van der Waals surface area contributed by atoms with Crippen molar-refractivity contribution in [2.75, 3.05) is 13.6 Å². The van der Waals surface area contributed by atoms with Crippen LogP contribution in [0.15, 0.2) is 9.79 Å². The first-order chi connectivity index (χ1) is 12.2. The van der Waals surface area contributed by atoms with Gasteiger partial charge in [0.2, 0.25) is 0 Å². The first kappa shape index (κ1) is 23.0. The Kier molecular flexibility index (Phi) is 10.9. The summed E-state index contributed by atoms with van der Waals surface area (Å²) in [6.45, 7) is 6.65. The summed E-state index contributed by atoms with van der Waals surface area (Å²) in [7, 11) is 1.79. The van der Waals surface area contributed by atoms with Crippen molar-refractivity contribution in [2.24, 2.45) is 4.99 Å². The zero-order valence-electron chi connectivity index (χ0n) is 16.5. The van der Waals surface area contributed by atoms with E-state index in [2.05, 4.69) is 34.6 Å². The third-order valence-electron chi connectivity index (χ3n) is 4.72. The Bertz CT molecular complexity index is 609. The Hall–Kier alpha value is -1.06. The van der Waals surface area contributed by atoms with Crippen molar-refractivity contribution in [3.05, 3.63) is 16.3 Å². The molecule has 1 aliphatic heterocycles. The average molecular weight is 478 g/mol. The number of halogens is 1. The molecule has 1 atom stereocenters. The van der Waals surface area contributed by atoms with Crippen LogP contribution in [0.3, 0.4) is 0 Å². The Balaban J connectivity index is 0.00000338. The van der Waals surface area contributed by atoms with E-state index >= 15 is 0 Å². The lowest BCUT2D eigenvalue weighted by molar-refractivity contribution is 0.508. The molecular weight excluding hydrogens is 443 g/mol. The van der Waals surface area contributed by atoms with Gasteiger partial charge in [0.1, 0.15) is 5.82 Å². The lowest BCUT2D eigenvalue weighted by Gasteiger charge is -2.17. The number of rotatable bonds is 9. The molecule has 2 N–H and O–H groups in total. The van der Waals surface area contributed by atoms with Crippen LogP contribution >= 0.6 is 24.0 Å². The third-order valence-corrected chi connectivity index (χ3v) is 4.72. The molecule has 150 valence electrons. The number of nitrogens with zero attached hydrogens (tertiary/aromatic N) is 4. The molecule has 0 amide bonds. The van der Waals surface area contributed by atoms with Gasteiger partial charge in [-0.25, -0.2) is 9.48 Å². The molecule has 0 bridgehead atoms. The molecule has 0 aliphatic carbocycles. The van der Waals surface area contributed by atoms with Crippen LogP contribution < -0.4 is 16.3 Å². The van der Waals surface area contributed by atoms with Crippen LogP contribution in [0.2, 0.25) is 0 Å². The van der Waals surface area contributed by atoms with Gasteiger partial charge >= 0.3 is 5.69 Å². The van der Waals surface area contributed by atoms with Crippen molar-refractivity contribution in [3.8, 4) is 0 Å². The summed E-state index contributed by atoms with van der Waals surface area (Å²) >= 11 is 0. The number of fused-ring (bicyclic) bond motifs is 1. The van der Waals surface area contributed by atoms with Gasteiger partial charge in [0.25, 0.3) is 0 Å². The Morgan fingerprint density at radius 2 is 2.12 bits per heavy atom. The van der Waals surface area contributed by atoms with Crippen molar-refractivity contribution in [2.45, 2.75) is 84.3 Å². The second kappa shape index (κ2) is 12.3. The number of unbranched alkanes of at least 4 members (excludes halogenated alkanes) is 2. The fourth-order valence-electron chi connectivity index (χ4n) is 3.23. The van der Waals surface area contributed by atoms with Gasteiger partial charge in [-0.15, -0.1) is 24.0 Å². The van der Waals surface area contributed by atoms with Gasteiger partial charge in [-0.1, -0.05) is 26.2 Å². The van der Waals surface area contributed by atoms with E-state index in [1.807, 2.05) is 4.57 Å². The Morgan fingerprint density at radius 1 is 1.31 bits per heavy atom. The number of aromatic nitrogens is 3. The Labute approximate surface area is 174 Å². The SMILES string of the molecule is CCCCCC(C)NC(=NC)NCCCn1nc2n(c1=O)CCCC2.I. The maximum Gasteiger partial charge on any atom is 0.345 e. The topological polar surface area (TPSA) is 76.2 Å². The summed E-state index contributed by atoms with van der Waals surface area (Å²) in [4.78, 5) is 16.6. The first-order valence-corrected chi connectivity index (χ1v) is 9.79. The zero-order valence-corrected chi connectivity index (χ0v) is 18.8. The van der Waals surface area contributed by atoms with Gasteiger partial charge in [0, 0.05) is 39.1 Å². The normalized spacial score (nSPS) is 15.1. The molecule has 26 heavy (non-hydrogen) atoms. The highest BCUT2D eigenvalue weighted by atomic mass is 127. The fourth-order valence-corrected chi connectivity index (χ4v) is 3.23. The molecule has 8 heteroatoms. The highest BCUT2D eigenvalue weighted by molar-refractivity contribution is 14.0. The Morgan fingerprint density at radius 3 is 2.81 bits per heavy atom. The second-order valence-corrected chi connectivity index (χ2v) is 6.92. The predicted molar refractivity (Wildman–Crippen MR) is 118 cm³/mol. The number of nitrogens with one attached hydrogen (secondary N) is 2. The largest absolute Gasteiger partial charge is 0.356 e. The number of hydrogen-bond acceptors (Lipinski definition) is 3. The molecule has 0 fully saturated rings. The van der Waals surface area contributed by atoms with Crippen molar-refractivity contribution >= 4 is 29.9 Å². The van der Waals surface area contributed by atoms with E-state index in [0.29, 0.717) is 12.6 Å². The highest BCUT2D eigenvalue weighted by Gasteiger charge is 2.16. The molecule has 0 spiro atoms. The van der Waals surface area contributed by atoms with Crippen LogP contribution in [0.4, 0.5) is 0 Å². The number of guanidine groups is 1. The minimum atomic E-state index is 0. The summed E-state index contributed by atoms with van der Waals surface area (Å²) in [5, 5.41) is 11.2. The van der Waals surface area contributed by atoms with E-state index in [0.717, 1.165) is 57.0 Å². The van der Waals surface area contributed by atoms with Crippen LogP contribution in [0.1, 0.15) is 64.6 Å². The van der Waals surface area contributed by atoms with Gasteiger partial charge in [-0.05, 0) is 32.6 Å². The van der Waals surface area contributed by atoms with E-state index in [4.69, 9.17) is 0 Å². The van der Waals surface area contributed by atoms with E-state index in [1.54, 1.807) is 11.7 Å². The van der Waals surface area contributed by atoms with Gasteiger partial charge in [0.05, 0.1) is 0 Å². The third kappa shape index (κ3) is 6.92. The maximum absolute atomic E-state index is 12.3. The molecule has 1 unspecified atom stereocenters. The molecule has 0 radical (unpaired) electrons. The predicted octanol–water partition coefficient (Wildman–Crippen LogP) is 2.52. The molecule has 0 saturated carbocycles. The highest BCUT2D eigenvalue weighted by Crippen LogP contribution is 2.09. The summed E-state index contributed by atoms with van der Waals surface area (Å²) < 4.78 is 3.45. The lowest BCUT2D eigenvalue weighted by atomic mass is 10.1. The minimum absolute atomic E-state index is 0. The minimum Gasteiger partial charge on any atom is -0.356 e. The molecule has 2 heterocycles. The standard InChI is InChI=1S/C18H34N6O.HI/c1-4-5-6-10-15(2)21-17(19-3)20-12-9-14-24-18(25)23-13-8-7-11-16(23)22-24;/h15H,4-14H2,1-3H3,(H2,19,20,21);1H. The monoisotopic (exact) mass is 478 g/mol. The summed E-state index contributed by atoms with van der Waals surface area (Å²) in [6.07, 6.45) is 8.92. The fraction of sp³-hybridized carbons (Fsp3) is 0.833. The van der Waals surface area contributed by atoms with Crippen LogP contribution in [0.5, 0.6) is 0 Å². The van der Waals surface area contributed by atoms with Gasteiger partial charge in [-0.3, -0.25) is 9.56 Å². The van der Waals surface area contributed by atoms with E-state index in [-0.39, 0.29) is 29.7 Å². The van der Waals surface area contributed by atoms with Gasteiger partial charge < -0.3 is 10.6 Å². The smallest absolute Gasteiger partial charge is 0.345 e. The van der Waals surface area contributed by atoms with Crippen LogP contribution in [0.25, 0.3) is 0 Å². The summed E-state index contributed by atoms with van der Waals surface area (Å²) in [5.74, 6) is 1.78.